The number of rotatable bonds is 10. The Bertz CT molecular complexity index is 942. The van der Waals surface area contributed by atoms with Gasteiger partial charge in [0.2, 0.25) is 8.32 Å². The molecule has 0 bridgehead atoms. The largest absolute Gasteiger partial charge is 0.547 e. The minimum absolute atomic E-state index is 0.0401. The Labute approximate surface area is 254 Å². The van der Waals surface area contributed by atoms with Gasteiger partial charge in [-0.3, -0.25) is 0 Å². The highest BCUT2D eigenvalue weighted by Crippen LogP contribution is 2.52. The third-order valence-corrected chi connectivity index (χ3v) is 20.6. The molecule has 1 saturated heterocycles. The summed E-state index contributed by atoms with van der Waals surface area (Å²) in [5.41, 5.74) is -0.201. The molecule has 1 fully saturated rings. The summed E-state index contributed by atoms with van der Waals surface area (Å²) in [7, 11) is -0.341. The van der Waals surface area contributed by atoms with Crippen molar-refractivity contribution in [3.63, 3.8) is 0 Å². The van der Waals surface area contributed by atoms with E-state index in [-0.39, 0.29) is 29.1 Å². The van der Waals surface area contributed by atoms with E-state index in [0.717, 1.165) is 12.0 Å². The second-order valence-electron chi connectivity index (χ2n) is 16.2. The van der Waals surface area contributed by atoms with Gasteiger partial charge in [-0.05, 0) is 75.7 Å². The highest BCUT2D eigenvalue weighted by molar-refractivity contribution is 6.77. The van der Waals surface area contributed by atoms with Gasteiger partial charge in [-0.1, -0.05) is 62.3 Å². The van der Waals surface area contributed by atoms with Crippen molar-refractivity contribution in [2.45, 2.75) is 142 Å². The molecule has 1 aliphatic heterocycles. The zero-order valence-electron chi connectivity index (χ0n) is 29.2. The Morgan fingerprint density at radius 2 is 1.56 bits per heavy atom. The fourth-order valence-corrected chi connectivity index (χ4v) is 13.8. The zero-order valence-corrected chi connectivity index (χ0v) is 31.2. The number of likely N-dealkylation sites (N-methyl/N-ethyl adjacent to an activating group) is 1. The van der Waals surface area contributed by atoms with E-state index in [2.05, 4.69) is 86.4 Å². The Morgan fingerprint density at radius 3 is 1.95 bits per heavy atom. The van der Waals surface area contributed by atoms with Gasteiger partial charge >= 0.3 is 6.09 Å². The fourth-order valence-electron chi connectivity index (χ4n) is 7.20. The lowest BCUT2D eigenvalue weighted by Gasteiger charge is -2.47. The van der Waals surface area contributed by atoms with E-state index in [9.17, 15) is 9.59 Å². The van der Waals surface area contributed by atoms with E-state index < -0.39 is 27.7 Å². The molecular formula is C32H62N2O5Si2. The molecule has 4 atom stereocenters. The average Bonchev–Trinajstić information content (AvgIpc) is 3.11. The first-order valence-electron chi connectivity index (χ1n) is 15.6. The van der Waals surface area contributed by atoms with Crippen LogP contribution < -0.4 is 0 Å². The van der Waals surface area contributed by atoms with Crippen molar-refractivity contribution < 1.29 is 23.2 Å². The monoisotopic (exact) mass is 610 g/mol. The highest BCUT2D eigenvalue weighted by Gasteiger charge is 2.61. The van der Waals surface area contributed by atoms with Crippen LogP contribution in [0, 0.1) is 11.3 Å². The number of hydrogen-bond acceptors (Lipinski definition) is 6. The Balaban J connectivity index is 2.67. The van der Waals surface area contributed by atoms with Gasteiger partial charge in [0.1, 0.15) is 11.9 Å². The van der Waals surface area contributed by atoms with Gasteiger partial charge in [-0.15, -0.1) is 0 Å². The third kappa shape index (κ3) is 7.15. The summed E-state index contributed by atoms with van der Waals surface area (Å²) in [6.45, 7) is 31.3. The summed E-state index contributed by atoms with van der Waals surface area (Å²) in [4.78, 5) is 31.0. The molecule has 0 aromatic heterocycles. The maximum Gasteiger partial charge on any atom is 0.410 e. The summed E-state index contributed by atoms with van der Waals surface area (Å²) in [6.07, 6.45) is 3.48. The molecule has 0 unspecified atom stereocenters. The van der Waals surface area contributed by atoms with Crippen LogP contribution in [-0.2, 0) is 18.4 Å². The maximum absolute atomic E-state index is 13.8. The number of amides is 1. The second-order valence-corrected chi connectivity index (χ2v) is 26.4. The van der Waals surface area contributed by atoms with Crippen LogP contribution in [0.4, 0.5) is 4.79 Å². The van der Waals surface area contributed by atoms with E-state index in [0.29, 0.717) is 36.2 Å². The summed E-state index contributed by atoms with van der Waals surface area (Å²) in [5, 5.41) is 0.0401. The lowest BCUT2D eigenvalue weighted by molar-refractivity contribution is -0.121. The molecule has 7 nitrogen and oxygen atoms in total. The minimum Gasteiger partial charge on any atom is -0.547 e. The summed E-state index contributed by atoms with van der Waals surface area (Å²) in [6, 6.07) is -0.511. The van der Waals surface area contributed by atoms with E-state index >= 15 is 0 Å². The first-order chi connectivity index (χ1) is 18.5. The van der Waals surface area contributed by atoms with Crippen molar-refractivity contribution in [1.82, 2.24) is 9.80 Å². The van der Waals surface area contributed by atoms with Gasteiger partial charge in [-0.25, -0.2) is 4.79 Å². The first-order valence-corrected chi connectivity index (χ1v) is 20.7. The van der Waals surface area contributed by atoms with Crippen molar-refractivity contribution in [2.75, 3.05) is 27.2 Å². The second kappa shape index (κ2) is 12.4. The van der Waals surface area contributed by atoms with Crippen LogP contribution in [0.1, 0.15) is 89.5 Å². The van der Waals surface area contributed by atoms with Crippen LogP contribution in [0.2, 0.25) is 34.8 Å². The molecule has 2 aliphatic rings. The molecule has 41 heavy (non-hydrogen) atoms. The summed E-state index contributed by atoms with van der Waals surface area (Å²) in [5.74, 6) is 0.789. The number of likely N-dealkylation sites (tertiary alicyclic amines) is 1. The molecule has 0 aromatic rings. The molecule has 9 heteroatoms. The molecule has 1 aliphatic carbocycles. The third-order valence-electron chi connectivity index (χ3n) is 10.1. The van der Waals surface area contributed by atoms with Crippen LogP contribution in [0.15, 0.2) is 11.8 Å². The zero-order chi connectivity index (χ0) is 31.9. The standard InChI is InChI=1S/C32H62N2O5Si2/c1-22(2)41(23(3)4,24(5)6)37-19-27-26-17-25(39-40(15,16)31(10,11)12)18-28(33(13)14)32(26,21-35)20-34(27)29(36)38-30(7,8)9/h18,21-24,26-28H,17,19-20H2,1-16H3/t26-,27-,28-,32-/m1/s1. The van der Waals surface area contributed by atoms with Gasteiger partial charge in [-0.2, -0.15) is 0 Å². The number of aldehydes is 1. The Morgan fingerprint density at radius 1 is 1.05 bits per heavy atom. The van der Waals surface area contributed by atoms with E-state index in [1.165, 1.54) is 0 Å². The number of ether oxygens (including phenoxy) is 1. The smallest absolute Gasteiger partial charge is 0.410 e. The molecule has 1 amide bonds. The van der Waals surface area contributed by atoms with Gasteiger partial charge < -0.3 is 28.2 Å². The molecule has 0 radical (unpaired) electrons. The van der Waals surface area contributed by atoms with Crippen molar-refractivity contribution in [1.29, 1.82) is 0 Å². The van der Waals surface area contributed by atoms with Crippen molar-refractivity contribution >= 4 is 29.0 Å². The molecule has 2 rings (SSSR count). The lowest BCUT2D eigenvalue weighted by atomic mass is 9.66. The number of carbonyl (C=O) groups is 2. The average molecular weight is 611 g/mol. The molecular weight excluding hydrogens is 549 g/mol. The highest BCUT2D eigenvalue weighted by atomic mass is 28.4. The number of nitrogens with zero attached hydrogens (tertiary/aromatic N) is 2. The number of fused-ring (bicyclic) bond motifs is 1. The van der Waals surface area contributed by atoms with E-state index in [4.69, 9.17) is 13.6 Å². The predicted octanol–water partition coefficient (Wildman–Crippen LogP) is 7.84. The molecule has 0 N–H and O–H groups in total. The Hall–Kier alpha value is -1.17. The van der Waals surface area contributed by atoms with Crippen LogP contribution in [0.5, 0.6) is 0 Å². The lowest BCUT2D eigenvalue weighted by Crippen LogP contribution is -2.54. The van der Waals surface area contributed by atoms with Gasteiger partial charge in [0.15, 0.2) is 8.32 Å². The van der Waals surface area contributed by atoms with Crippen LogP contribution in [0.3, 0.4) is 0 Å². The SMILES string of the molecule is CC(C)[Si](OC[C@@H]1[C@H]2CC(O[Si](C)(C)C(C)(C)C)=C[C@@H](N(C)C)[C@@]2(C=O)CN1C(=O)OC(C)(C)C)(C(C)C)C(C)C. The minimum atomic E-state index is -2.23. The quantitative estimate of drug-likeness (QED) is 0.185. The van der Waals surface area contributed by atoms with Crippen molar-refractivity contribution in [3.05, 3.63) is 11.8 Å². The van der Waals surface area contributed by atoms with Crippen molar-refractivity contribution in [2.24, 2.45) is 11.3 Å². The van der Waals surface area contributed by atoms with Gasteiger partial charge in [0.25, 0.3) is 0 Å². The first kappa shape index (κ1) is 36.0. The molecule has 0 aromatic carbocycles. The van der Waals surface area contributed by atoms with E-state index in [1.54, 1.807) is 0 Å². The Kier molecular flexibility index (Phi) is 10.9. The summed E-state index contributed by atoms with van der Waals surface area (Å²) < 4.78 is 20.0. The number of carbonyl (C=O) groups excluding carboxylic acids is 2. The fraction of sp³-hybridized carbons (Fsp3) is 0.875. The number of allylic oxidation sites excluding steroid dienone is 1. The molecule has 1 heterocycles. The number of hydrogen-bond donors (Lipinski definition) is 0. The summed E-state index contributed by atoms with van der Waals surface area (Å²) >= 11 is 0. The van der Waals surface area contributed by atoms with Gasteiger partial charge in [0, 0.05) is 24.9 Å². The topological polar surface area (TPSA) is 68.3 Å². The molecule has 0 saturated carbocycles. The van der Waals surface area contributed by atoms with Gasteiger partial charge in [0.05, 0.1) is 23.8 Å². The normalized spacial score (nSPS) is 26.1. The van der Waals surface area contributed by atoms with E-state index in [1.807, 2.05) is 39.8 Å². The molecule has 0 spiro atoms. The van der Waals surface area contributed by atoms with Crippen LogP contribution in [-0.4, -0.2) is 83.7 Å². The van der Waals surface area contributed by atoms with Crippen molar-refractivity contribution in [3.8, 4) is 0 Å². The van der Waals surface area contributed by atoms with Crippen LogP contribution >= 0.6 is 0 Å². The predicted molar refractivity (Wildman–Crippen MR) is 174 cm³/mol. The van der Waals surface area contributed by atoms with Crippen LogP contribution in [0.25, 0.3) is 0 Å². The molecule has 238 valence electrons. The maximum atomic E-state index is 13.8.